The minimum Gasteiger partial charge on any atom is -0.486 e. The minimum absolute atomic E-state index is 0.0104. The molecule has 1 saturated heterocycles. The van der Waals surface area contributed by atoms with Crippen molar-refractivity contribution < 1.29 is 19.1 Å². The topological polar surface area (TPSA) is 67.9 Å². The number of carbonyl (C=O) groups is 2. The predicted molar refractivity (Wildman–Crippen MR) is 116 cm³/mol. The number of rotatable bonds is 5. The van der Waals surface area contributed by atoms with Crippen LogP contribution in [0.2, 0.25) is 0 Å². The molecule has 2 aliphatic heterocycles. The predicted octanol–water partition coefficient (Wildman–Crippen LogP) is 4.15. The van der Waals surface area contributed by atoms with Gasteiger partial charge in [-0.05, 0) is 48.2 Å². The first-order chi connectivity index (χ1) is 14.5. The summed E-state index contributed by atoms with van der Waals surface area (Å²) in [5, 5.41) is 2.93. The first-order valence-electron chi connectivity index (χ1n) is 10.2. The van der Waals surface area contributed by atoms with E-state index >= 15 is 0 Å². The lowest BCUT2D eigenvalue weighted by molar-refractivity contribution is -0.133. The fourth-order valence-electron chi connectivity index (χ4n) is 4.16. The maximum absolute atomic E-state index is 13.3. The van der Waals surface area contributed by atoms with E-state index in [1.165, 1.54) is 6.92 Å². The van der Waals surface area contributed by atoms with Gasteiger partial charge in [0.1, 0.15) is 13.2 Å². The van der Waals surface area contributed by atoms with Crippen molar-refractivity contribution in [3.63, 3.8) is 0 Å². The standard InChI is InChI=1S/C23H25BrN2O4/c1-15(27)25-19(16-4-7-18(24)8-5-16)14-23(28)26-10-2-3-20(26)17-6-9-21-22(13-17)30-12-11-29-21/h4-9,13,19-20H,2-3,10-12,14H2,1H3,(H,25,27). The number of amides is 2. The fourth-order valence-corrected chi connectivity index (χ4v) is 4.43. The third kappa shape index (κ3) is 4.61. The average Bonchev–Trinajstić information content (AvgIpc) is 3.23. The smallest absolute Gasteiger partial charge is 0.225 e. The third-order valence-corrected chi connectivity index (χ3v) is 6.08. The lowest BCUT2D eigenvalue weighted by Gasteiger charge is -2.28. The van der Waals surface area contributed by atoms with Crippen LogP contribution in [0.1, 0.15) is 49.4 Å². The van der Waals surface area contributed by atoms with Gasteiger partial charge >= 0.3 is 0 Å². The van der Waals surface area contributed by atoms with Crippen molar-refractivity contribution in [1.29, 1.82) is 0 Å². The van der Waals surface area contributed by atoms with Crippen LogP contribution < -0.4 is 14.8 Å². The summed E-state index contributed by atoms with van der Waals surface area (Å²) in [5.74, 6) is 1.38. The number of ether oxygens (including phenoxy) is 2. The van der Waals surface area contributed by atoms with Gasteiger partial charge in [0.25, 0.3) is 0 Å². The van der Waals surface area contributed by atoms with Crippen molar-refractivity contribution in [2.75, 3.05) is 19.8 Å². The van der Waals surface area contributed by atoms with Crippen molar-refractivity contribution in [3.8, 4) is 11.5 Å². The van der Waals surface area contributed by atoms with Crippen LogP contribution in [0.25, 0.3) is 0 Å². The molecule has 30 heavy (non-hydrogen) atoms. The normalized spacial score (nSPS) is 18.7. The van der Waals surface area contributed by atoms with Crippen LogP contribution in [0, 0.1) is 0 Å². The van der Waals surface area contributed by atoms with Gasteiger partial charge in [-0.25, -0.2) is 0 Å². The van der Waals surface area contributed by atoms with E-state index < -0.39 is 0 Å². The zero-order valence-corrected chi connectivity index (χ0v) is 18.5. The first-order valence-corrected chi connectivity index (χ1v) is 11.0. The molecule has 0 saturated carbocycles. The summed E-state index contributed by atoms with van der Waals surface area (Å²) in [6, 6.07) is 13.3. The molecule has 0 aliphatic carbocycles. The molecular weight excluding hydrogens is 448 g/mol. The number of benzene rings is 2. The van der Waals surface area contributed by atoms with Crippen LogP contribution in [-0.4, -0.2) is 36.5 Å². The average molecular weight is 473 g/mol. The highest BCUT2D eigenvalue weighted by atomic mass is 79.9. The Morgan fingerprint density at radius 2 is 1.87 bits per heavy atom. The van der Waals surface area contributed by atoms with Crippen LogP contribution in [-0.2, 0) is 9.59 Å². The van der Waals surface area contributed by atoms with E-state index in [1.54, 1.807) is 0 Å². The van der Waals surface area contributed by atoms with E-state index in [0.717, 1.165) is 39.9 Å². The van der Waals surface area contributed by atoms with Crippen molar-refractivity contribution in [3.05, 3.63) is 58.1 Å². The Hall–Kier alpha value is -2.54. The molecule has 2 heterocycles. The van der Waals surface area contributed by atoms with E-state index in [4.69, 9.17) is 9.47 Å². The fraction of sp³-hybridized carbons (Fsp3) is 0.391. The molecular formula is C23H25BrN2O4. The molecule has 4 rings (SSSR count). The Bertz CT molecular complexity index is 931. The van der Waals surface area contributed by atoms with Gasteiger partial charge in [-0.2, -0.15) is 0 Å². The summed E-state index contributed by atoms with van der Waals surface area (Å²) < 4.78 is 12.3. The number of nitrogens with one attached hydrogen (secondary N) is 1. The molecule has 0 spiro atoms. The van der Waals surface area contributed by atoms with E-state index in [9.17, 15) is 9.59 Å². The Morgan fingerprint density at radius 1 is 1.13 bits per heavy atom. The largest absolute Gasteiger partial charge is 0.486 e. The molecule has 1 fully saturated rings. The molecule has 2 aliphatic rings. The Kier molecular flexibility index (Phi) is 6.27. The van der Waals surface area contributed by atoms with Crippen molar-refractivity contribution in [2.24, 2.45) is 0 Å². The molecule has 2 aromatic rings. The Morgan fingerprint density at radius 3 is 2.60 bits per heavy atom. The number of halogens is 1. The molecule has 158 valence electrons. The van der Waals surface area contributed by atoms with Gasteiger partial charge in [-0.3, -0.25) is 9.59 Å². The summed E-state index contributed by atoms with van der Waals surface area (Å²) in [4.78, 5) is 26.9. The van der Waals surface area contributed by atoms with Gasteiger partial charge < -0.3 is 19.7 Å². The monoisotopic (exact) mass is 472 g/mol. The van der Waals surface area contributed by atoms with E-state index in [0.29, 0.717) is 19.8 Å². The molecule has 2 amide bonds. The molecule has 2 aromatic carbocycles. The van der Waals surface area contributed by atoms with E-state index in [-0.39, 0.29) is 30.3 Å². The van der Waals surface area contributed by atoms with Crippen LogP contribution in [0.15, 0.2) is 46.9 Å². The van der Waals surface area contributed by atoms with Gasteiger partial charge in [-0.1, -0.05) is 34.1 Å². The highest BCUT2D eigenvalue weighted by Crippen LogP contribution is 2.38. The molecule has 6 nitrogen and oxygen atoms in total. The molecule has 1 N–H and O–H groups in total. The maximum Gasteiger partial charge on any atom is 0.225 e. The third-order valence-electron chi connectivity index (χ3n) is 5.55. The minimum atomic E-state index is -0.357. The number of nitrogens with zero attached hydrogens (tertiary/aromatic N) is 1. The summed E-state index contributed by atoms with van der Waals surface area (Å²) in [7, 11) is 0. The lowest BCUT2D eigenvalue weighted by atomic mass is 10.0. The van der Waals surface area contributed by atoms with Gasteiger partial charge in [0.15, 0.2) is 11.5 Å². The summed E-state index contributed by atoms with van der Waals surface area (Å²) in [6.07, 6.45) is 2.09. The van der Waals surface area contributed by atoms with Gasteiger partial charge in [-0.15, -0.1) is 0 Å². The molecule has 0 bridgehead atoms. The molecule has 2 atom stereocenters. The number of hydrogen-bond acceptors (Lipinski definition) is 4. The van der Waals surface area contributed by atoms with Gasteiger partial charge in [0, 0.05) is 17.9 Å². The second-order valence-electron chi connectivity index (χ2n) is 7.66. The first kappa shape index (κ1) is 20.7. The summed E-state index contributed by atoms with van der Waals surface area (Å²) >= 11 is 3.43. The van der Waals surface area contributed by atoms with Gasteiger partial charge in [0.05, 0.1) is 18.5 Å². The SMILES string of the molecule is CC(=O)NC(CC(=O)N1CCCC1c1ccc2c(c1)OCCO2)c1ccc(Br)cc1. The van der Waals surface area contributed by atoms with Crippen molar-refractivity contribution in [1.82, 2.24) is 10.2 Å². The van der Waals surface area contributed by atoms with E-state index in [2.05, 4.69) is 21.2 Å². The second-order valence-corrected chi connectivity index (χ2v) is 8.57. The maximum atomic E-state index is 13.3. The Labute approximate surface area is 184 Å². The summed E-state index contributed by atoms with van der Waals surface area (Å²) in [5.41, 5.74) is 1.97. The quantitative estimate of drug-likeness (QED) is 0.709. The van der Waals surface area contributed by atoms with Crippen molar-refractivity contribution in [2.45, 2.75) is 38.3 Å². The number of likely N-dealkylation sites (tertiary alicyclic amines) is 1. The van der Waals surface area contributed by atoms with Gasteiger partial charge in [0.2, 0.25) is 11.8 Å². The van der Waals surface area contributed by atoms with Crippen LogP contribution in [0.3, 0.4) is 0 Å². The van der Waals surface area contributed by atoms with Crippen LogP contribution in [0.5, 0.6) is 11.5 Å². The highest BCUT2D eigenvalue weighted by molar-refractivity contribution is 9.10. The number of fused-ring (bicyclic) bond motifs is 1. The lowest BCUT2D eigenvalue weighted by Crippen LogP contribution is -2.35. The highest BCUT2D eigenvalue weighted by Gasteiger charge is 2.32. The number of hydrogen-bond donors (Lipinski definition) is 1. The second kappa shape index (κ2) is 9.08. The zero-order chi connectivity index (χ0) is 21.1. The van der Waals surface area contributed by atoms with Crippen LogP contribution >= 0.6 is 15.9 Å². The van der Waals surface area contributed by atoms with Crippen molar-refractivity contribution >= 4 is 27.7 Å². The molecule has 0 radical (unpaired) electrons. The molecule has 2 unspecified atom stereocenters. The molecule has 0 aromatic heterocycles. The van der Waals surface area contributed by atoms with Crippen LogP contribution in [0.4, 0.5) is 0 Å². The zero-order valence-electron chi connectivity index (χ0n) is 16.9. The molecule has 7 heteroatoms. The Balaban J connectivity index is 1.52. The number of carbonyl (C=O) groups excluding carboxylic acids is 2. The summed E-state index contributed by atoms with van der Waals surface area (Å²) in [6.45, 7) is 3.28. The van der Waals surface area contributed by atoms with E-state index in [1.807, 2.05) is 47.4 Å².